The van der Waals surface area contributed by atoms with Gasteiger partial charge in [0.2, 0.25) is 53.2 Å². The smallest absolute Gasteiger partial charge is 0.243 e. The van der Waals surface area contributed by atoms with Crippen molar-refractivity contribution in [1.29, 1.82) is 0 Å². The number of H-pyrrole nitrogens is 1. The number of benzene rings is 2. The minimum Gasteiger partial charge on any atom is -0.376 e. The van der Waals surface area contributed by atoms with Crippen LogP contribution in [0.1, 0.15) is 75.8 Å². The second-order valence-corrected chi connectivity index (χ2v) is 18.4. The molecule has 1 aromatic heterocycles. The Balaban J connectivity index is 1.82. The van der Waals surface area contributed by atoms with E-state index in [1.165, 1.54) is 0 Å². The zero-order chi connectivity index (χ0) is 57.6. The summed E-state index contributed by atoms with van der Waals surface area (Å²) < 4.78 is 43.5. The van der Waals surface area contributed by atoms with Gasteiger partial charge in [-0.1, -0.05) is 18.2 Å². The largest absolute Gasteiger partial charge is 0.376 e. The first-order valence-electron chi connectivity index (χ1n) is 24.8. The van der Waals surface area contributed by atoms with Crippen LogP contribution in [0.5, 0.6) is 0 Å². The number of hydrogen-bond acceptors (Lipinski definition) is 13. The molecule has 9 amide bonds. The molecule has 0 spiro atoms. The molecule has 1 saturated heterocycles. The van der Waals surface area contributed by atoms with Crippen LogP contribution < -0.4 is 76.9 Å². The molecule has 3 aromatic rings. The number of nitrogens with zero attached hydrogens (tertiary/aromatic N) is 2. The maximum Gasteiger partial charge on any atom is 0.243 e. The van der Waals surface area contributed by atoms with Crippen molar-refractivity contribution < 1.29 is 61.4 Å². The highest BCUT2D eigenvalue weighted by Crippen LogP contribution is 2.21. The normalized spacial score (nSPS) is 21.8. The molecule has 8 unspecified atom stereocenters. The van der Waals surface area contributed by atoms with E-state index in [-0.39, 0.29) is 76.5 Å². The third kappa shape index (κ3) is 20.2. The third-order valence-corrected chi connectivity index (χ3v) is 12.2. The number of para-hydroxylation sites is 1. The van der Waals surface area contributed by atoms with E-state index in [1.54, 1.807) is 30.5 Å². The highest BCUT2D eigenvalue weighted by Gasteiger charge is 2.36. The van der Waals surface area contributed by atoms with E-state index < -0.39 is 150 Å². The lowest BCUT2D eigenvalue weighted by molar-refractivity contribution is -0.136. The first-order valence-corrected chi connectivity index (χ1v) is 24.8. The average Bonchev–Trinajstić information content (AvgIpc) is 3.77. The van der Waals surface area contributed by atoms with Gasteiger partial charge in [0, 0.05) is 56.5 Å². The number of nitrogens with one attached hydrogen (secondary N) is 9. The monoisotopic (exact) mass is 1100 g/mol. The van der Waals surface area contributed by atoms with Crippen molar-refractivity contribution in [2.24, 2.45) is 44.4 Å². The Bertz CT molecular complexity index is 2680. The predicted molar refractivity (Wildman–Crippen MR) is 277 cm³/mol. The predicted octanol–water partition coefficient (Wildman–Crippen LogP) is -4.27. The highest BCUT2D eigenvalue weighted by atomic mass is 19.2. The molecule has 0 bridgehead atoms. The van der Waals surface area contributed by atoms with Crippen molar-refractivity contribution in [2.75, 3.05) is 19.6 Å². The fourth-order valence-electron chi connectivity index (χ4n) is 8.32. The number of rotatable bonds is 18. The van der Waals surface area contributed by atoms with Crippen LogP contribution in [0.25, 0.3) is 10.9 Å². The second-order valence-electron chi connectivity index (χ2n) is 18.4. The van der Waals surface area contributed by atoms with E-state index in [9.17, 15) is 61.4 Å². The lowest BCUT2D eigenvalue weighted by Crippen LogP contribution is -2.61. The lowest BCUT2D eigenvalue weighted by atomic mass is 10.0. The van der Waals surface area contributed by atoms with Gasteiger partial charge in [-0.25, -0.2) is 13.2 Å². The molecule has 0 saturated carbocycles. The molecule has 1 fully saturated rings. The Kier molecular flexibility index (Phi) is 24.1. The first kappa shape index (κ1) is 62.0. The summed E-state index contributed by atoms with van der Waals surface area (Å²) in [7, 11) is 0. The molecule has 0 aliphatic carbocycles. The number of aliphatic imine (C=N–C) groups is 2. The maximum absolute atomic E-state index is 14.7. The molecule has 1 aliphatic rings. The van der Waals surface area contributed by atoms with Crippen LogP contribution in [0.3, 0.4) is 0 Å². The van der Waals surface area contributed by atoms with Crippen molar-refractivity contribution in [3.8, 4) is 0 Å². The molecule has 22 N–H and O–H groups in total. The Morgan fingerprint density at radius 3 is 2.05 bits per heavy atom. The number of aromatic nitrogens is 1. The maximum atomic E-state index is 14.7. The molecule has 30 heteroatoms. The fraction of sp³-hybridized carbons (Fsp3) is 0.479. The van der Waals surface area contributed by atoms with Gasteiger partial charge in [0.05, 0.1) is 18.5 Å². The van der Waals surface area contributed by atoms with Crippen molar-refractivity contribution in [1.82, 2.24) is 47.5 Å². The van der Waals surface area contributed by atoms with Crippen molar-refractivity contribution in [3.63, 3.8) is 0 Å². The Hall–Kier alpha value is -8.54. The SMILES string of the molecule is CC(=O)NC(CCCN=C(N)N)C(=O)NC1CCC(=O)NCCCC(C(N)=O)NC(=O)C(Cc2c[nH]c3ccccc23)NC(O)C(CCCN=C(N)N)NC(=O)C(Cc2cc(F)c(F)c(F)c2)NC(=O)C(CC(N)=O)NC1=O. The van der Waals surface area contributed by atoms with E-state index in [2.05, 4.69) is 57.5 Å². The van der Waals surface area contributed by atoms with Crippen LogP contribution in [0.2, 0.25) is 0 Å². The topological polar surface area (TPSA) is 467 Å². The number of primary amides is 2. The molecule has 426 valence electrons. The number of halogens is 3. The molecule has 4 rings (SSSR count). The number of aromatic amines is 1. The van der Waals surface area contributed by atoms with Crippen LogP contribution in [-0.4, -0.2) is 143 Å². The van der Waals surface area contributed by atoms with E-state index in [4.69, 9.17) is 34.4 Å². The van der Waals surface area contributed by atoms with Gasteiger partial charge in [-0.05, 0) is 80.7 Å². The summed E-state index contributed by atoms with van der Waals surface area (Å²) in [4.78, 5) is 133. The number of guanidine groups is 2. The minimum atomic E-state index is -1.97. The molecule has 2 aromatic carbocycles. The Morgan fingerprint density at radius 1 is 0.782 bits per heavy atom. The van der Waals surface area contributed by atoms with Gasteiger partial charge in [0.25, 0.3) is 0 Å². The lowest BCUT2D eigenvalue weighted by Gasteiger charge is -2.31. The van der Waals surface area contributed by atoms with Crippen LogP contribution >= 0.6 is 0 Å². The number of nitrogens with two attached hydrogens (primary N) is 6. The van der Waals surface area contributed by atoms with Crippen molar-refractivity contribution in [2.45, 2.75) is 126 Å². The summed E-state index contributed by atoms with van der Waals surface area (Å²) in [5, 5.41) is 32.8. The van der Waals surface area contributed by atoms with Crippen molar-refractivity contribution >= 4 is 76.0 Å². The van der Waals surface area contributed by atoms with E-state index in [1.807, 2.05) is 0 Å². The van der Waals surface area contributed by atoms with Gasteiger partial charge < -0.3 is 81.7 Å². The van der Waals surface area contributed by atoms with Gasteiger partial charge in [-0.2, -0.15) is 0 Å². The molecule has 0 radical (unpaired) electrons. The van der Waals surface area contributed by atoms with Gasteiger partial charge >= 0.3 is 0 Å². The average molecular weight is 1100 g/mol. The molecule has 8 atom stereocenters. The van der Waals surface area contributed by atoms with Crippen LogP contribution in [-0.2, 0) is 56.0 Å². The second kappa shape index (κ2) is 30.3. The van der Waals surface area contributed by atoms with E-state index in [0.29, 0.717) is 28.6 Å². The number of aliphatic hydroxyl groups is 1. The van der Waals surface area contributed by atoms with Gasteiger partial charge in [0.1, 0.15) is 36.4 Å². The summed E-state index contributed by atoms with van der Waals surface area (Å²) in [5.74, 6) is -14.7. The quantitative estimate of drug-likeness (QED) is 0.0248. The molecular weight excluding hydrogens is 1030 g/mol. The summed E-state index contributed by atoms with van der Waals surface area (Å²) in [6.45, 7) is 1.01. The van der Waals surface area contributed by atoms with Crippen LogP contribution in [0.4, 0.5) is 13.2 Å². The van der Waals surface area contributed by atoms with Crippen LogP contribution in [0.15, 0.2) is 52.6 Å². The number of aliphatic hydroxyl groups excluding tert-OH is 1. The van der Waals surface area contributed by atoms with E-state index in [0.717, 1.165) is 6.92 Å². The molecular formula is C48H68F3N17O10. The first-order chi connectivity index (χ1) is 36.9. The zero-order valence-electron chi connectivity index (χ0n) is 42.7. The summed E-state index contributed by atoms with van der Waals surface area (Å²) in [6.07, 6.45) is -3.26. The summed E-state index contributed by atoms with van der Waals surface area (Å²) in [6, 6.07) is -2.94. The van der Waals surface area contributed by atoms with Gasteiger partial charge in [-0.15, -0.1) is 0 Å². The molecule has 2 heterocycles. The Morgan fingerprint density at radius 2 is 1.41 bits per heavy atom. The molecule has 78 heavy (non-hydrogen) atoms. The van der Waals surface area contributed by atoms with Gasteiger partial charge in [-0.3, -0.25) is 58.5 Å². The van der Waals surface area contributed by atoms with E-state index >= 15 is 0 Å². The highest BCUT2D eigenvalue weighted by molar-refractivity contribution is 5.97. The molecule has 27 nitrogen and oxygen atoms in total. The summed E-state index contributed by atoms with van der Waals surface area (Å²) in [5.41, 5.74) is 34.0. The Labute approximate surface area is 445 Å². The van der Waals surface area contributed by atoms with Gasteiger partial charge in [0.15, 0.2) is 29.4 Å². The fourth-order valence-corrected chi connectivity index (χ4v) is 8.32. The van der Waals surface area contributed by atoms with Crippen LogP contribution in [0, 0.1) is 17.5 Å². The molecule has 1 aliphatic heterocycles. The number of carbonyl (C=O) groups excluding carboxylic acids is 9. The summed E-state index contributed by atoms with van der Waals surface area (Å²) >= 11 is 0. The zero-order valence-corrected chi connectivity index (χ0v) is 42.7. The van der Waals surface area contributed by atoms with Crippen molar-refractivity contribution in [3.05, 3.63) is 71.2 Å². The number of amides is 9. The third-order valence-electron chi connectivity index (χ3n) is 12.2. The standard InChI is InChI=1S/C48H68F3N17O10/c1-23(69)62-31(10-5-15-59-47(54)55)41(73)65-33-12-13-38(71)58-14-4-9-30(40(53)72)63-45(77)35(20-25-22-61-29-8-3-2-7-26(25)29)67-42(74)32(11-6-16-60-48(56)57)64-44(76)34(19-24-17-27(49)39(51)28(50)18-24)66-46(78)36(21-37(52)70)68-43(33)75/h2-3,7-8,17-18,22,30-36,42,61,67,74H,4-6,9-16,19-21H2,1H3,(H2,52,70)(H2,53,72)(H,58,71)(H,62,69)(H,63,77)(H,64,76)(H,65,73)(H,66,78)(H,68,75)(H4,54,55,59)(H4,56,57,60). The number of carbonyl (C=O) groups is 9. The number of hydrogen-bond donors (Lipinski definition) is 16. The number of fused-ring (bicyclic) bond motifs is 1. The minimum absolute atomic E-state index is 0.0418.